The third kappa shape index (κ3) is 20.9. The first-order valence-corrected chi connectivity index (χ1v) is 11.7. The Morgan fingerprint density at radius 3 is 1.12 bits per heavy atom. The molecule has 0 rings (SSSR count). The number of esters is 4. The molecule has 300 valence electrons. The molecule has 29 heteroatoms. The van der Waals surface area contributed by atoms with E-state index in [1.165, 1.54) is 6.92 Å². The molecule has 9 nitrogen and oxygen atoms in total. The molecule has 0 spiro atoms. The van der Waals surface area contributed by atoms with Crippen molar-refractivity contribution in [3.63, 3.8) is 0 Å². The van der Waals surface area contributed by atoms with E-state index >= 15 is 0 Å². The minimum atomic E-state index is -6.52. The van der Waals surface area contributed by atoms with E-state index in [1.807, 2.05) is 0 Å². The van der Waals surface area contributed by atoms with Crippen LogP contribution in [0.1, 0.15) is 13.8 Å². The fourth-order valence-electron chi connectivity index (χ4n) is 1.29. The summed E-state index contributed by atoms with van der Waals surface area (Å²) in [6.07, 6.45) is -22.3. The van der Waals surface area contributed by atoms with Crippen LogP contribution in [-0.2, 0) is 38.1 Å². The van der Waals surface area contributed by atoms with Crippen molar-refractivity contribution in [1.29, 1.82) is 0 Å². The Morgan fingerprint density at radius 1 is 0.660 bits per heavy atom. The maximum absolute atomic E-state index is 12.1. The Balaban J connectivity index is -0.000000172. The number of halogens is 20. The van der Waals surface area contributed by atoms with Gasteiger partial charge in [0.25, 0.3) is 5.63 Å². The second kappa shape index (κ2) is 22.4. The molecule has 0 saturated carbocycles. The molecule has 0 aromatic heterocycles. The molecule has 0 aliphatic heterocycles. The minimum Gasteiger partial charge on any atom is -0.464 e. The molecule has 0 aromatic carbocycles. The van der Waals surface area contributed by atoms with Crippen molar-refractivity contribution in [2.45, 2.75) is 68.1 Å². The predicted octanol–water partition coefficient (Wildman–Crippen LogP) is 6.64. The van der Waals surface area contributed by atoms with E-state index in [4.69, 9.17) is 5.11 Å². The van der Waals surface area contributed by atoms with Crippen LogP contribution in [0.5, 0.6) is 0 Å². The number of methoxy groups -OCH3 is 3. The van der Waals surface area contributed by atoms with Crippen LogP contribution in [0.15, 0.2) is 12.2 Å². The third-order valence-electron chi connectivity index (χ3n) is 3.58. The van der Waals surface area contributed by atoms with Gasteiger partial charge in [0.05, 0.1) is 27.9 Å². The van der Waals surface area contributed by atoms with E-state index in [-0.39, 0.29) is 13.7 Å². The molecule has 0 bridgehead atoms. The number of hydrogen-bond acceptors (Lipinski definition) is 9. The van der Waals surface area contributed by atoms with Gasteiger partial charge in [0.15, 0.2) is 6.10 Å². The van der Waals surface area contributed by atoms with Crippen LogP contribution in [0.2, 0.25) is 0 Å². The Hall–Kier alpha value is -3.46. The topological polar surface area (TPSA) is 125 Å². The number of carbonyl (C=O) groups excluding carboxylic acids is 4. The monoisotopic (exact) mass is 814 g/mol. The second-order valence-corrected chi connectivity index (χ2v) is 7.64. The fourth-order valence-corrected chi connectivity index (χ4v) is 1.35. The van der Waals surface area contributed by atoms with E-state index in [0.717, 1.165) is 6.08 Å². The summed E-state index contributed by atoms with van der Waals surface area (Å²) in [6.45, 7) is 3.15. The van der Waals surface area contributed by atoms with Gasteiger partial charge in [-0.25, -0.2) is 23.6 Å². The number of alkyl halides is 20. The van der Waals surface area contributed by atoms with Gasteiger partial charge in [0, 0.05) is 0 Å². The first kappa shape index (κ1) is 55.9. The van der Waals surface area contributed by atoms with E-state index in [0.29, 0.717) is 20.3 Å². The van der Waals surface area contributed by atoms with E-state index in [1.54, 1.807) is 6.92 Å². The van der Waals surface area contributed by atoms with Crippen LogP contribution < -0.4 is 0 Å². The van der Waals surface area contributed by atoms with Crippen molar-refractivity contribution in [2.75, 3.05) is 27.9 Å². The van der Waals surface area contributed by atoms with E-state index < -0.39 is 78.1 Å². The average molecular weight is 815 g/mol. The summed E-state index contributed by atoms with van der Waals surface area (Å²) < 4.78 is 232. The summed E-state index contributed by atoms with van der Waals surface area (Å²) in [4.78, 5) is 39.3. The molecule has 0 fully saturated rings. The van der Waals surface area contributed by atoms with Gasteiger partial charge in [0.1, 0.15) is 0 Å². The van der Waals surface area contributed by atoms with Crippen LogP contribution in [0.3, 0.4) is 0 Å². The summed E-state index contributed by atoms with van der Waals surface area (Å²) in [5, 5.41) is 8.17. The molecule has 0 saturated heterocycles. The van der Waals surface area contributed by atoms with Crippen LogP contribution >= 0.6 is 11.6 Å². The van der Waals surface area contributed by atoms with E-state index in [2.05, 4.69) is 30.5 Å². The van der Waals surface area contributed by atoms with Crippen molar-refractivity contribution >= 4 is 35.5 Å². The highest BCUT2D eigenvalue weighted by Crippen LogP contribution is 2.46. The number of hydrogen-bond donors (Lipinski definition) is 1. The van der Waals surface area contributed by atoms with Gasteiger partial charge in [-0.3, -0.25) is 0 Å². The highest BCUT2D eigenvalue weighted by Gasteiger charge is 2.77. The first-order chi connectivity index (χ1) is 21.9. The standard InChI is InChI=1S/C5H3F7O2.C5H7F3O.C4H6ClFO2.C4H3F5O2.C3H3F3O2/c1-14-2(13)3(6,7)4(8,9)5(10,11)12;1-2-3-4(9)5(6,7)8;1-2-8-4(7)3(5)6;1-11-2(10)3(5,6)4(7,8)9;1-8-2(7)3(4,5)6/h1H3;2-4,9H,1H3;3H,2H2,1H3;1H3;1H3. The number of allylic oxidation sites excluding steroid dienone is 1. The lowest BCUT2D eigenvalue weighted by atomic mass is 10.1. The molecule has 0 aliphatic carbocycles. The van der Waals surface area contributed by atoms with Gasteiger partial charge in [-0.1, -0.05) is 23.8 Å². The normalized spacial score (nSPS) is 13.6. The molecular formula is C21H22ClF19O9. The zero-order valence-electron chi connectivity index (χ0n) is 24.8. The molecule has 50 heavy (non-hydrogen) atoms. The van der Waals surface area contributed by atoms with Crippen LogP contribution in [0, 0.1) is 0 Å². The smallest absolute Gasteiger partial charge is 0.464 e. The lowest BCUT2D eigenvalue weighted by Crippen LogP contribution is -2.56. The summed E-state index contributed by atoms with van der Waals surface area (Å²) in [7, 11) is 1.39. The zero-order chi connectivity index (χ0) is 41.9. The lowest BCUT2D eigenvalue weighted by molar-refractivity contribution is -0.348. The highest BCUT2D eigenvalue weighted by atomic mass is 35.5. The summed E-state index contributed by atoms with van der Waals surface area (Å²) in [6, 6.07) is 0. The van der Waals surface area contributed by atoms with Gasteiger partial charge >= 0.3 is 66.4 Å². The molecule has 0 aromatic rings. The number of aliphatic hydroxyl groups is 1. The maximum Gasteiger partial charge on any atom is 0.490 e. The number of rotatable bonds is 6. The van der Waals surface area contributed by atoms with Gasteiger partial charge in [-0.15, -0.1) is 0 Å². The summed E-state index contributed by atoms with van der Waals surface area (Å²) in [5.74, 6) is -26.5. The number of carbonyl (C=O) groups is 4. The Labute approximate surface area is 271 Å². The quantitative estimate of drug-likeness (QED) is 0.103. The molecular weight excluding hydrogens is 793 g/mol. The fraction of sp³-hybridized carbons (Fsp3) is 0.714. The van der Waals surface area contributed by atoms with Gasteiger partial charge in [0.2, 0.25) is 0 Å². The first-order valence-electron chi connectivity index (χ1n) is 11.3. The lowest BCUT2D eigenvalue weighted by Gasteiger charge is -2.25. The predicted molar refractivity (Wildman–Crippen MR) is 123 cm³/mol. The molecule has 0 radical (unpaired) electrons. The summed E-state index contributed by atoms with van der Waals surface area (Å²) >= 11 is 4.67. The van der Waals surface area contributed by atoms with Crippen molar-refractivity contribution in [1.82, 2.24) is 0 Å². The van der Waals surface area contributed by atoms with Crippen molar-refractivity contribution in [3.8, 4) is 0 Å². The summed E-state index contributed by atoms with van der Waals surface area (Å²) in [5.41, 5.74) is -2.02. The average Bonchev–Trinajstić information content (AvgIpc) is 2.95. The van der Waals surface area contributed by atoms with Crippen LogP contribution in [0.4, 0.5) is 83.4 Å². The number of aliphatic hydroxyl groups excluding tert-OH is 1. The molecule has 0 aliphatic rings. The van der Waals surface area contributed by atoms with Gasteiger partial charge in [-0.05, 0) is 13.8 Å². The molecule has 2 atom stereocenters. The zero-order valence-corrected chi connectivity index (χ0v) is 25.5. The van der Waals surface area contributed by atoms with Crippen molar-refractivity contribution in [3.05, 3.63) is 12.2 Å². The maximum atomic E-state index is 12.1. The Morgan fingerprint density at radius 2 is 1.00 bits per heavy atom. The Bertz CT molecular complexity index is 1050. The number of ether oxygens (including phenoxy) is 4. The largest absolute Gasteiger partial charge is 0.490 e. The molecule has 0 heterocycles. The van der Waals surface area contributed by atoms with Gasteiger partial charge in [-0.2, -0.15) is 79.0 Å². The second-order valence-electron chi connectivity index (χ2n) is 7.26. The van der Waals surface area contributed by atoms with Crippen molar-refractivity contribution in [2.24, 2.45) is 0 Å². The molecule has 2 unspecified atom stereocenters. The highest BCUT2D eigenvalue weighted by molar-refractivity contribution is 6.28. The third-order valence-corrected chi connectivity index (χ3v) is 3.76. The Kier molecular flexibility index (Phi) is 25.0. The van der Waals surface area contributed by atoms with Gasteiger partial charge < -0.3 is 24.1 Å². The van der Waals surface area contributed by atoms with E-state index in [9.17, 15) is 103 Å². The molecule has 0 amide bonds. The van der Waals surface area contributed by atoms with Crippen LogP contribution in [0.25, 0.3) is 0 Å². The SMILES string of the molecule is CC=CC(O)C(F)(F)F.CCOC(=O)C(F)Cl.COC(=O)C(F)(F)C(F)(F)C(F)(F)F.COC(=O)C(F)(F)C(F)(F)F.COC(=O)C(F)(F)F. The minimum absolute atomic E-state index is 0.159. The molecule has 1 N–H and O–H groups in total. The van der Waals surface area contributed by atoms with Crippen molar-refractivity contribution < 1.29 is 127 Å². The van der Waals surface area contributed by atoms with Crippen LogP contribution in [-0.4, -0.2) is 111 Å².